The standard InChI is InChI=1S/C16H10N4O2/c17-7-10-13(11-3-1-5-21-11)14(12-4-2-6-22-12)16(8-18,9-19)15(10)20/h1-6,13-14H,20H2/t13-,14-/m0/s1. The Balaban J connectivity index is 2.30. The van der Waals surface area contributed by atoms with Gasteiger partial charge in [0.2, 0.25) is 0 Å². The summed E-state index contributed by atoms with van der Waals surface area (Å²) in [4.78, 5) is 0. The van der Waals surface area contributed by atoms with Gasteiger partial charge in [-0.3, -0.25) is 0 Å². The van der Waals surface area contributed by atoms with E-state index in [-0.39, 0.29) is 11.3 Å². The fraction of sp³-hybridized carbons (Fsp3) is 0.188. The number of rotatable bonds is 2. The Hall–Kier alpha value is -3.43. The normalized spacial score (nSPS) is 22.8. The van der Waals surface area contributed by atoms with Crippen molar-refractivity contribution in [3.8, 4) is 18.2 Å². The second kappa shape index (κ2) is 4.84. The topological polar surface area (TPSA) is 124 Å². The van der Waals surface area contributed by atoms with Gasteiger partial charge < -0.3 is 14.6 Å². The van der Waals surface area contributed by atoms with Crippen LogP contribution in [0.5, 0.6) is 0 Å². The summed E-state index contributed by atoms with van der Waals surface area (Å²) in [6.07, 6.45) is 2.92. The maximum atomic E-state index is 9.62. The summed E-state index contributed by atoms with van der Waals surface area (Å²) in [5, 5.41) is 28.7. The SMILES string of the molecule is N#CC1=C(N)C(C#N)(C#N)[C@@H](c2ccco2)[C@@H]1c1ccco1. The molecule has 0 unspecified atom stereocenters. The van der Waals surface area contributed by atoms with Crippen LogP contribution in [-0.2, 0) is 0 Å². The molecule has 1 aliphatic rings. The molecule has 0 spiro atoms. The fourth-order valence-corrected chi connectivity index (χ4v) is 3.00. The Bertz CT molecular complexity index is 828. The number of allylic oxidation sites excluding steroid dienone is 2. The molecule has 0 bridgehead atoms. The Morgan fingerprint density at radius 2 is 1.59 bits per heavy atom. The smallest absolute Gasteiger partial charge is 0.194 e. The zero-order valence-electron chi connectivity index (χ0n) is 11.4. The van der Waals surface area contributed by atoms with Crippen molar-refractivity contribution >= 4 is 0 Å². The Labute approximate surface area is 126 Å². The zero-order valence-corrected chi connectivity index (χ0v) is 11.4. The van der Waals surface area contributed by atoms with Crippen LogP contribution in [-0.4, -0.2) is 0 Å². The summed E-state index contributed by atoms with van der Waals surface area (Å²) in [5.74, 6) is -0.491. The lowest BCUT2D eigenvalue weighted by atomic mass is 9.73. The average molecular weight is 290 g/mol. The minimum absolute atomic E-state index is 0.0391. The molecule has 2 aromatic rings. The molecular weight excluding hydrogens is 280 g/mol. The van der Waals surface area contributed by atoms with E-state index in [1.807, 2.05) is 18.2 Å². The largest absolute Gasteiger partial charge is 0.469 e. The number of nitrogens with two attached hydrogens (primary N) is 1. The molecule has 22 heavy (non-hydrogen) atoms. The molecule has 6 heteroatoms. The van der Waals surface area contributed by atoms with Crippen molar-refractivity contribution in [2.24, 2.45) is 11.1 Å². The van der Waals surface area contributed by atoms with E-state index in [2.05, 4.69) is 0 Å². The maximum Gasteiger partial charge on any atom is 0.194 e. The molecule has 2 aromatic heterocycles. The van der Waals surface area contributed by atoms with Gasteiger partial charge in [0.1, 0.15) is 11.5 Å². The first kappa shape index (κ1) is 13.5. The van der Waals surface area contributed by atoms with E-state index < -0.39 is 17.3 Å². The molecule has 6 nitrogen and oxygen atoms in total. The molecular formula is C16H10N4O2. The van der Waals surface area contributed by atoms with Gasteiger partial charge in [0.25, 0.3) is 0 Å². The fourth-order valence-electron chi connectivity index (χ4n) is 3.00. The molecule has 0 radical (unpaired) electrons. The highest BCUT2D eigenvalue weighted by molar-refractivity contribution is 5.56. The van der Waals surface area contributed by atoms with E-state index in [9.17, 15) is 15.8 Å². The summed E-state index contributed by atoms with van der Waals surface area (Å²) in [6, 6.07) is 12.7. The van der Waals surface area contributed by atoms with Gasteiger partial charge in [-0.25, -0.2) is 0 Å². The van der Waals surface area contributed by atoms with Crippen LogP contribution >= 0.6 is 0 Å². The highest BCUT2D eigenvalue weighted by Crippen LogP contribution is 2.57. The first-order valence-corrected chi connectivity index (χ1v) is 6.49. The second-order valence-corrected chi connectivity index (χ2v) is 4.96. The van der Waals surface area contributed by atoms with Crippen molar-refractivity contribution in [3.63, 3.8) is 0 Å². The molecule has 0 saturated heterocycles. The van der Waals surface area contributed by atoms with E-state index in [1.54, 1.807) is 24.3 Å². The summed E-state index contributed by atoms with van der Waals surface area (Å²) >= 11 is 0. The van der Waals surface area contributed by atoms with Crippen molar-refractivity contribution < 1.29 is 8.83 Å². The van der Waals surface area contributed by atoms with Gasteiger partial charge in [-0.1, -0.05) is 0 Å². The quantitative estimate of drug-likeness (QED) is 0.906. The number of nitrogens with zero attached hydrogens (tertiary/aromatic N) is 3. The Morgan fingerprint density at radius 3 is 2.05 bits per heavy atom. The van der Waals surface area contributed by atoms with E-state index >= 15 is 0 Å². The highest BCUT2D eigenvalue weighted by atomic mass is 16.3. The first-order chi connectivity index (χ1) is 10.7. The average Bonchev–Trinajstić information content (AvgIpc) is 3.26. The van der Waals surface area contributed by atoms with E-state index in [0.29, 0.717) is 11.5 Å². The lowest BCUT2D eigenvalue weighted by molar-refractivity contribution is 0.353. The van der Waals surface area contributed by atoms with E-state index in [1.165, 1.54) is 12.5 Å². The van der Waals surface area contributed by atoms with Crippen molar-refractivity contribution in [2.45, 2.75) is 11.8 Å². The minimum Gasteiger partial charge on any atom is -0.469 e. The third kappa shape index (κ3) is 1.57. The number of hydrogen-bond acceptors (Lipinski definition) is 6. The molecule has 0 amide bonds. The molecule has 0 aliphatic heterocycles. The van der Waals surface area contributed by atoms with Gasteiger partial charge in [-0.2, -0.15) is 15.8 Å². The highest BCUT2D eigenvalue weighted by Gasteiger charge is 2.58. The van der Waals surface area contributed by atoms with Crippen LogP contribution in [0.4, 0.5) is 0 Å². The van der Waals surface area contributed by atoms with Crippen molar-refractivity contribution in [1.82, 2.24) is 0 Å². The van der Waals surface area contributed by atoms with Gasteiger partial charge in [-0.15, -0.1) is 0 Å². The molecule has 2 heterocycles. The number of nitriles is 3. The van der Waals surface area contributed by atoms with Crippen LogP contribution in [0.1, 0.15) is 23.4 Å². The summed E-state index contributed by atoms with van der Waals surface area (Å²) in [5.41, 5.74) is 4.47. The second-order valence-electron chi connectivity index (χ2n) is 4.96. The monoisotopic (exact) mass is 290 g/mol. The Morgan fingerprint density at radius 1 is 1.00 bits per heavy atom. The maximum absolute atomic E-state index is 9.62. The summed E-state index contributed by atoms with van der Waals surface area (Å²) in [6.45, 7) is 0. The van der Waals surface area contributed by atoms with Crippen LogP contribution in [0.3, 0.4) is 0 Å². The van der Waals surface area contributed by atoms with Crippen LogP contribution in [0, 0.1) is 39.4 Å². The Kier molecular flexibility index (Phi) is 2.98. The van der Waals surface area contributed by atoms with Crippen LogP contribution < -0.4 is 5.73 Å². The van der Waals surface area contributed by atoms with Gasteiger partial charge in [0.05, 0.1) is 53.8 Å². The molecule has 0 fully saturated rings. The van der Waals surface area contributed by atoms with Gasteiger partial charge >= 0.3 is 0 Å². The van der Waals surface area contributed by atoms with Crippen LogP contribution in [0.15, 0.2) is 56.9 Å². The van der Waals surface area contributed by atoms with Crippen molar-refractivity contribution in [1.29, 1.82) is 15.8 Å². The van der Waals surface area contributed by atoms with Gasteiger partial charge in [0, 0.05) is 0 Å². The molecule has 0 aromatic carbocycles. The van der Waals surface area contributed by atoms with Gasteiger partial charge in [-0.05, 0) is 24.3 Å². The molecule has 1 aliphatic carbocycles. The summed E-state index contributed by atoms with van der Waals surface area (Å²) in [7, 11) is 0. The predicted molar refractivity (Wildman–Crippen MR) is 73.4 cm³/mol. The third-order valence-electron chi connectivity index (χ3n) is 4.00. The molecule has 0 saturated carbocycles. The summed E-state index contributed by atoms with van der Waals surface area (Å²) < 4.78 is 10.8. The lowest BCUT2D eigenvalue weighted by Gasteiger charge is -2.24. The minimum atomic E-state index is -1.67. The molecule has 2 atom stereocenters. The zero-order chi connectivity index (χ0) is 15.7. The molecule has 3 rings (SSSR count). The number of hydrogen-bond donors (Lipinski definition) is 1. The molecule has 2 N–H and O–H groups in total. The number of furan rings is 2. The van der Waals surface area contributed by atoms with Crippen molar-refractivity contribution in [3.05, 3.63) is 59.6 Å². The van der Waals surface area contributed by atoms with Gasteiger partial charge in [0.15, 0.2) is 5.41 Å². The molecule has 106 valence electrons. The van der Waals surface area contributed by atoms with Crippen molar-refractivity contribution in [2.75, 3.05) is 0 Å². The third-order valence-corrected chi connectivity index (χ3v) is 4.00. The first-order valence-electron chi connectivity index (χ1n) is 6.49. The van der Waals surface area contributed by atoms with E-state index in [0.717, 1.165) is 0 Å². The van der Waals surface area contributed by atoms with E-state index in [4.69, 9.17) is 14.6 Å². The predicted octanol–water partition coefficient (Wildman–Crippen LogP) is 2.52. The van der Waals surface area contributed by atoms with Crippen LogP contribution in [0.25, 0.3) is 0 Å². The lowest BCUT2D eigenvalue weighted by Crippen LogP contribution is -2.29. The van der Waals surface area contributed by atoms with Crippen LogP contribution in [0.2, 0.25) is 0 Å².